The number of pyridine rings is 1. The molecule has 3 heterocycles. The van der Waals surface area contributed by atoms with Gasteiger partial charge in [0, 0.05) is 24.3 Å². The van der Waals surface area contributed by atoms with E-state index in [-0.39, 0.29) is 5.91 Å². The second kappa shape index (κ2) is 7.08. The summed E-state index contributed by atoms with van der Waals surface area (Å²) in [5.41, 5.74) is 1.87. The minimum absolute atomic E-state index is 0.299. The van der Waals surface area contributed by atoms with Crippen LogP contribution in [0.25, 0.3) is 10.9 Å². The van der Waals surface area contributed by atoms with E-state index in [1.165, 1.54) is 18.5 Å². The topological polar surface area (TPSA) is 73.0 Å². The zero-order valence-electron chi connectivity index (χ0n) is 15.2. The van der Waals surface area contributed by atoms with E-state index in [1.54, 1.807) is 13.1 Å². The molecule has 0 spiro atoms. The molecule has 0 saturated carbocycles. The van der Waals surface area contributed by atoms with Crippen molar-refractivity contribution in [1.82, 2.24) is 14.7 Å². The highest BCUT2D eigenvalue weighted by atomic mass is 19.4. The van der Waals surface area contributed by atoms with Crippen LogP contribution in [-0.2, 0) is 12.7 Å². The van der Waals surface area contributed by atoms with Gasteiger partial charge in [0.15, 0.2) is 0 Å². The number of nitrogens with zero attached hydrogens (tertiary/aromatic N) is 3. The molecule has 0 aliphatic heterocycles. The summed E-state index contributed by atoms with van der Waals surface area (Å²) in [6, 6.07) is 9.76. The average molecular weight is 400 g/mol. The van der Waals surface area contributed by atoms with E-state index < -0.39 is 11.9 Å². The summed E-state index contributed by atoms with van der Waals surface area (Å²) in [5.74, 6) is -0.358. The molecule has 0 fully saturated rings. The van der Waals surface area contributed by atoms with Crippen molar-refractivity contribution in [1.29, 1.82) is 0 Å². The SMILES string of the molecule is Cc1nocc1C(=O)Nc1cn(Cc2ccc(C(F)(F)F)nc2)c2ccccc12. The van der Waals surface area contributed by atoms with Gasteiger partial charge in [0.1, 0.15) is 17.5 Å². The van der Waals surface area contributed by atoms with Crippen LogP contribution in [0.5, 0.6) is 0 Å². The van der Waals surface area contributed by atoms with Crippen LogP contribution in [-0.4, -0.2) is 20.6 Å². The summed E-state index contributed by atoms with van der Waals surface area (Å²) in [6.45, 7) is 1.97. The average Bonchev–Trinajstić information content (AvgIpc) is 3.26. The largest absolute Gasteiger partial charge is 0.433 e. The van der Waals surface area contributed by atoms with Crippen LogP contribution in [0.4, 0.5) is 18.9 Å². The number of aryl methyl sites for hydroxylation is 1. The summed E-state index contributed by atoms with van der Waals surface area (Å²) in [7, 11) is 0. The van der Waals surface area contributed by atoms with Gasteiger partial charge in [-0.1, -0.05) is 29.4 Å². The fourth-order valence-electron chi connectivity index (χ4n) is 3.06. The molecule has 0 aliphatic carbocycles. The van der Waals surface area contributed by atoms with Gasteiger partial charge in [0.25, 0.3) is 5.91 Å². The number of nitrogens with one attached hydrogen (secondary N) is 1. The molecule has 0 aliphatic rings. The molecule has 3 aromatic heterocycles. The molecule has 0 saturated heterocycles. The number of alkyl halides is 3. The van der Waals surface area contributed by atoms with Gasteiger partial charge in [-0.3, -0.25) is 9.78 Å². The Labute approximate surface area is 162 Å². The number of para-hydroxylation sites is 1. The molecule has 4 aromatic rings. The summed E-state index contributed by atoms with van der Waals surface area (Å²) in [4.78, 5) is 16.0. The smallest absolute Gasteiger partial charge is 0.364 e. The maximum atomic E-state index is 12.7. The molecule has 0 unspecified atom stereocenters. The molecule has 6 nitrogen and oxygen atoms in total. The fraction of sp³-hybridized carbons (Fsp3) is 0.150. The van der Waals surface area contributed by atoms with E-state index in [2.05, 4.69) is 15.5 Å². The van der Waals surface area contributed by atoms with Gasteiger partial charge in [-0.05, 0) is 24.6 Å². The Morgan fingerprint density at radius 1 is 1.21 bits per heavy atom. The van der Waals surface area contributed by atoms with Crippen molar-refractivity contribution in [3.8, 4) is 0 Å². The second-order valence-electron chi connectivity index (χ2n) is 6.51. The maximum absolute atomic E-state index is 12.7. The molecule has 4 rings (SSSR count). The van der Waals surface area contributed by atoms with Gasteiger partial charge < -0.3 is 14.4 Å². The first-order valence-corrected chi connectivity index (χ1v) is 8.65. The molecule has 0 radical (unpaired) electrons. The number of carbonyl (C=O) groups excluding carboxylic acids is 1. The van der Waals surface area contributed by atoms with Gasteiger partial charge in [0.2, 0.25) is 0 Å². The Balaban J connectivity index is 1.64. The molecule has 148 valence electrons. The molecule has 29 heavy (non-hydrogen) atoms. The van der Waals surface area contributed by atoms with Crippen LogP contribution in [0.2, 0.25) is 0 Å². The summed E-state index contributed by atoms with van der Waals surface area (Å²) in [6.07, 6.45) is -0.257. The molecule has 1 amide bonds. The number of halogens is 3. The van der Waals surface area contributed by atoms with E-state index in [4.69, 9.17) is 4.52 Å². The summed E-state index contributed by atoms with van der Waals surface area (Å²) in [5, 5.41) is 7.34. The number of rotatable bonds is 4. The lowest BCUT2D eigenvalue weighted by Gasteiger charge is -2.08. The lowest BCUT2D eigenvalue weighted by Crippen LogP contribution is -2.12. The molecule has 0 atom stereocenters. The quantitative estimate of drug-likeness (QED) is 0.541. The van der Waals surface area contributed by atoms with Crippen molar-refractivity contribution in [2.24, 2.45) is 0 Å². The number of hydrogen-bond acceptors (Lipinski definition) is 4. The lowest BCUT2D eigenvalue weighted by atomic mass is 10.2. The van der Waals surface area contributed by atoms with Crippen molar-refractivity contribution in [3.05, 3.63) is 77.6 Å². The fourth-order valence-corrected chi connectivity index (χ4v) is 3.06. The van der Waals surface area contributed by atoms with Gasteiger partial charge >= 0.3 is 6.18 Å². The number of anilines is 1. The van der Waals surface area contributed by atoms with Crippen molar-refractivity contribution in [2.75, 3.05) is 5.32 Å². The molecule has 1 aromatic carbocycles. The number of amides is 1. The predicted octanol–water partition coefficient (Wildman–Crippen LogP) is 4.65. The molecular formula is C20H15F3N4O2. The third-order valence-electron chi connectivity index (χ3n) is 4.50. The zero-order valence-corrected chi connectivity index (χ0v) is 15.2. The monoisotopic (exact) mass is 400 g/mol. The van der Waals surface area contributed by atoms with E-state index >= 15 is 0 Å². The Bertz CT molecular complexity index is 1180. The maximum Gasteiger partial charge on any atom is 0.433 e. The zero-order chi connectivity index (χ0) is 20.6. The van der Waals surface area contributed by atoms with Crippen LogP contribution < -0.4 is 5.32 Å². The van der Waals surface area contributed by atoms with Crippen molar-refractivity contribution in [3.63, 3.8) is 0 Å². The number of fused-ring (bicyclic) bond motifs is 1. The van der Waals surface area contributed by atoms with E-state index in [1.807, 2.05) is 28.8 Å². The highest BCUT2D eigenvalue weighted by molar-refractivity contribution is 6.09. The third-order valence-corrected chi connectivity index (χ3v) is 4.50. The number of aromatic nitrogens is 3. The van der Waals surface area contributed by atoms with Crippen LogP contribution >= 0.6 is 0 Å². The van der Waals surface area contributed by atoms with Gasteiger partial charge in [-0.15, -0.1) is 0 Å². The summed E-state index contributed by atoms with van der Waals surface area (Å²) < 4.78 is 44.8. The Morgan fingerprint density at radius 3 is 2.66 bits per heavy atom. The van der Waals surface area contributed by atoms with Crippen LogP contribution in [0.15, 0.2) is 59.6 Å². The number of hydrogen-bond donors (Lipinski definition) is 1. The van der Waals surface area contributed by atoms with E-state index in [0.717, 1.165) is 17.0 Å². The molecule has 9 heteroatoms. The predicted molar refractivity (Wildman–Crippen MR) is 99.5 cm³/mol. The van der Waals surface area contributed by atoms with Crippen LogP contribution in [0, 0.1) is 6.92 Å². The standard InChI is InChI=1S/C20H15F3N4O2/c1-12-15(11-29-26-12)19(28)25-16-10-27(17-5-3-2-4-14(16)17)9-13-6-7-18(24-8-13)20(21,22)23/h2-8,10-11H,9H2,1H3,(H,25,28). The third kappa shape index (κ3) is 3.71. The van der Waals surface area contributed by atoms with Crippen molar-refractivity contribution < 1.29 is 22.5 Å². The van der Waals surface area contributed by atoms with E-state index in [9.17, 15) is 18.0 Å². The first-order valence-electron chi connectivity index (χ1n) is 8.65. The van der Waals surface area contributed by atoms with Crippen LogP contribution in [0.1, 0.15) is 27.3 Å². The van der Waals surface area contributed by atoms with Gasteiger partial charge in [-0.25, -0.2) is 0 Å². The minimum atomic E-state index is -4.48. The minimum Gasteiger partial charge on any atom is -0.364 e. The number of benzene rings is 1. The second-order valence-corrected chi connectivity index (χ2v) is 6.51. The van der Waals surface area contributed by atoms with Gasteiger partial charge in [-0.2, -0.15) is 13.2 Å². The van der Waals surface area contributed by atoms with E-state index in [0.29, 0.717) is 29.1 Å². The van der Waals surface area contributed by atoms with Crippen LogP contribution in [0.3, 0.4) is 0 Å². The molecule has 1 N–H and O–H groups in total. The van der Waals surface area contributed by atoms with Gasteiger partial charge in [0.05, 0.1) is 16.9 Å². The first-order chi connectivity index (χ1) is 13.8. The lowest BCUT2D eigenvalue weighted by molar-refractivity contribution is -0.141. The Hall–Kier alpha value is -3.62. The number of carbonyl (C=O) groups is 1. The Morgan fingerprint density at radius 2 is 2.00 bits per heavy atom. The first kappa shape index (κ1) is 18.7. The van der Waals surface area contributed by atoms with Crippen molar-refractivity contribution in [2.45, 2.75) is 19.6 Å². The highest BCUT2D eigenvalue weighted by Crippen LogP contribution is 2.29. The summed E-state index contributed by atoms with van der Waals surface area (Å²) >= 11 is 0. The normalized spacial score (nSPS) is 11.7. The molecular weight excluding hydrogens is 385 g/mol. The molecule has 0 bridgehead atoms. The Kier molecular flexibility index (Phi) is 4.57. The highest BCUT2D eigenvalue weighted by Gasteiger charge is 2.32. The van der Waals surface area contributed by atoms with Crippen molar-refractivity contribution >= 4 is 22.5 Å².